The van der Waals surface area contributed by atoms with Crippen LogP contribution in [0.1, 0.15) is 153 Å². The third-order valence-electron chi connectivity index (χ3n) is 9.36. The number of unbranched alkanes of at least 4 members (excludes halogenated alkanes) is 16. The summed E-state index contributed by atoms with van der Waals surface area (Å²) in [6, 6.07) is 6.34. The maximum absolute atomic E-state index is 13.7. The number of phosphoric ester groups is 2. The number of phosphoric acid groups is 2. The standard InChI is InChI=1S/C40H64N2O12P2/c1-4-6-8-9-10-11-12-13-14-15-16-17-18-19-20-21-29-49-56(48,51-31-34-23-25-35(26-24-34)53-38(43)22-7-5-2)54-55(46,47)50-32-36-27-28-37(52-36)42-30-33(3)39(44)41-40(42)45/h23-28,30,36-37H,4-22,29,31-32H2,1-3H3,(H,46,47)(H,41,44,45)/t36-,37+,56?/m0/s1. The van der Waals surface area contributed by atoms with Crippen LogP contribution in [0.25, 0.3) is 0 Å². The minimum absolute atomic E-state index is 0.0359. The Bertz CT molecular complexity index is 1680. The van der Waals surface area contributed by atoms with E-state index < -0.39 is 45.8 Å². The molecule has 0 saturated heterocycles. The van der Waals surface area contributed by atoms with Gasteiger partial charge in [-0.3, -0.25) is 32.7 Å². The number of nitrogens with zero attached hydrogens (tertiary/aromatic N) is 1. The molecular weight excluding hydrogens is 762 g/mol. The molecule has 1 aromatic heterocycles. The number of benzene rings is 1. The summed E-state index contributed by atoms with van der Waals surface area (Å²) in [7, 11) is -9.67. The first-order valence-corrected chi connectivity index (χ1v) is 23.4. The molecule has 1 aliphatic rings. The number of nitrogens with one attached hydrogen (secondary N) is 1. The molecule has 1 aromatic carbocycles. The SMILES string of the molecule is CCCCCCCCCCCCCCCCCCOP(=O)(OCc1ccc(OC(=O)CCCC)cc1)OP(=O)(O)OC[C@@H]1C=C[C@H](n2cc(C)c(=O)[nH]c2=O)O1. The van der Waals surface area contributed by atoms with Crippen molar-refractivity contribution in [1.29, 1.82) is 0 Å². The number of ether oxygens (including phenoxy) is 2. The second-order valence-electron chi connectivity index (χ2n) is 14.4. The van der Waals surface area contributed by atoms with Gasteiger partial charge >= 0.3 is 27.3 Å². The Labute approximate surface area is 331 Å². The Morgan fingerprint density at radius 3 is 1.95 bits per heavy atom. The molecule has 2 aromatic rings. The molecule has 4 atom stereocenters. The van der Waals surface area contributed by atoms with Gasteiger partial charge in [-0.2, -0.15) is 4.31 Å². The monoisotopic (exact) mass is 826 g/mol. The highest BCUT2D eigenvalue weighted by atomic mass is 31.3. The van der Waals surface area contributed by atoms with Gasteiger partial charge in [-0.15, -0.1) is 0 Å². The van der Waals surface area contributed by atoms with Crippen LogP contribution in [0.2, 0.25) is 0 Å². The molecule has 16 heteroatoms. The average molecular weight is 827 g/mol. The van der Waals surface area contributed by atoms with Crippen LogP contribution in [0.5, 0.6) is 5.75 Å². The second kappa shape index (κ2) is 26.4. The number of esters is 1. The molecule has 14 nitrogen and oxygen atoms in total. The Morgan fingerprint density at radius 1 is 0.786 bits per heavy atom. The van der Waals surface area contributed by atoms with Crippen LogP contribution in [0, 0.1) is 6.92 Å². The van der Waals surface area contributed by atoms with Crippen molar-refractivity contribution < 1.29 is 46.2 Å². The number of carbonyl (C=O) groups excluding carboxylic acids is 1. The molecule has 2 N–H and O–H groups in total. The number of aromatic amines is 1. The summed E-state index contributed by atoms with van der Waals surface area (Å²) in [6.07, 6.45) is 23.6. The molecule has 1 aliphatic heterocycles. The fraction of sp³-hybridized carbons (Fsp3) is 0.675. The number of hydrogen-bond donors (Lipinski definition) is 2. The zero-order valence-electron chi connectivity index (χ0n) is 33.5. The fourth-order valence-corrected chi connectivity index (χ4v) is 8.70. The normalized spacial score (nSPS) is 17.5. The van der Waals surface area contributed by atoms with Crippen molar-refractivity contribution in [3.8, 4) is 5.75 Å². The molecule has 0 saturated carbocycles. The number of carbonyl (C=O) groups is 1. The van der Waals surface area contributed by atoms with E-state index in [1.165, 1.54) is 100 Å². The molecule has 0 bridgehead atoms. The molecule has 0 aliphatic carbocycles. The van der Waals surface area contributed by atoms with Gasteiger partial charge in [0.2, 0.25) is 0 Å². The van der Waals surface area contributed by atoms with Gasteiger partial charge < -0.3 is 14.4 Å². The lowest BCUT2D eigenvalue weighted by Crippen LogP contribution is -2.33. The third-order valence-corrected chi connectivity index (χ3v) is 12.4. The average Bonchev–Trinajstić information content (AvgIpc) is 3.64. The van der Waals surface area contributed by atoms with E-state index in [2.05, 4.69) is 11.9 Å². The van der Waals surface area contributed by atoms with Gasteiger partial charge in [-0.25, -0.2) is 13.9 Å². The summed E-state index contributed by atoms with van der Waals surface area (Å²) in [5.74, 6) is -0.00219. The van der Waals surface area contributed by atoms with E-state index in [0.29, 0.717) is 29.7 Å². The second-order valence-corrected chi connectivity index (χ2v) is 17.6. The van der Waals surface area contributed by atoms with Crippen molar-refractivity contribution >= 4 is 21.6 Å². The van der Waals surface area contributed by atoms with Gasteiger partial charge in [0.15, 0.2) is 6.23 Å². The smallest absolute Gasteiger partial charge is 0.427 e. The highest BCUT2D eigenvalue weighted by Crippen LogP contribution is 2.64. The Balaban J connectivity index is 1.45. The lowest BCUT2D eigenvalue weighted by Gasteiger charge is -2.22. The third kappa shape index (κ3) is 19.2. The van der Waals surface area contributed by atoms with E-state index >= 15 is 0 Å². The molecule has 0 fully saturated rings. The lowest BCUT2D eigenvalue weighted by atomic mass is 10.0. The minimum atomic E-state index is -5.03. The molecule has 56 heavy (non-hydrogen) atoms. The van der Waals surface area contributed by atoms with E-state index in [0.717, 1.165) is 38.5 Å². The number of aromatic nitrogens is 2. The zero-order chi connectivity index (χ0) is 40.7. The molecule has 0 amide bonds. The van der Waals surface area contributed by atoms with Crippen LogP contribution < -0.4 is 16.0 Å². The summed E-state index contributed by atoms with van der Waals surface area (Å²) >= 11 is 0. The van der Waals surface area contributed by atoms with Crippen molar-refractivity contribution in [2.24, 2.45) is 0 Å². The van der Waals surface area contributed by atoms with E-state index in [1.54, 1.807) is 24.3 Å². The first-order chi connectivity index (χ1) is 26.9. The van der Waals surface area contributed by atoms with E-state index in [1.807, 2.05) is 6.92 Å². The van der Waals surface area contributed by atoms with Crippen LogP contribution in [0.4, 0.5) is 0 Å². The Morgan fingerprint density at radius 2 is 1.36 bits per heavy atom. The van der Waals surface area contributed by atoms with Crippen molar-refractivity contribution in [3.05, 3.63) is 74.6 Å². The summed E-state index contributed by atoms with van der Waals surface area (Å²) in [5.41, 5.74) is -0.387. The summed E-state index contributed by atoms with van der Waals surface area (Å²) in [4.78, 5) is 48.8. The van der Waals surface area contributed by atoms with Gasteiger partial charge in [-0.1, -0.05) is 135 Å². The Kier molecular flexibility index (Phi) is 22.5. The van der Waals surface area contributed by atoms with Crippen LogP contribution in [-0.2, 0) is 43.2 Å². The fourth-order valence-electron chi connectivity index (χ4n) is 6.06. The van der Waals surface area contributed by atoms with Crippen LogP contribution >= 0.6 is 15.6 Å². The van der Waals surface area contributed by atoms with Crippen LogP contribution in [0.3, 0.4) is 0 Å². The van der Waals surface area contributed by atoms with E-state index in [4.69, 9.17) is 27.4 Å². The van der Waals surface area contributed by atoms with Crippen molar-refractivity contribution in [2.45, 2.75) is 162 Å². The summed E-state index contributed by atoms with van der Waals surface area (Å²) in [6.45, 7) is 4.94. The topological polar surface area (TPSA) is 182 Å². The summed E-state index contributed by atoms with van der Waals surface area (Å²) in [5, 5.41) is 0. The van der Waals surface area contributed by atoms with E-state index in [9.17, 15) is 28.4 Å². The first kappa shape index (κ1) is 47.7. The summed E-state index contributed by atoms with van der Waals surface area (Å²) < 4.78 is 60.2. The molecule has 316 valence electrons. The first-order valence-electron chi connectivity index (χ1n) is 20.5. The minimum Gasteiger partial charge on any atom is -0.427 e. The highest BCUT2D eigenvalue weighted by Gasteiger charge is 2.39. The molecule has 2 unspecified atom stereocenters. The number of hydrogen-bond acceptors (Lipinski definition) is 11. The Hall–Kier alpha value is -2.67. The quantitative estimate of drug-likeness (QED) is 0.0242. The van der Waals surface area contributed by atoms with Gasteiger partial charge in [-0.05, 0) is 43.5 Å². The largest absolute Gasteiger partial charge is 0.484 e. The van der Waals surface area contributed by atoms with Gasteiger partial charge in [0.1, 0.15) is 11.9 Å². The number of rotatable bonds is 31. The van der Waals surface area contributed by atoms with Gasteiger partial charge in [0.05, 0.1) is 19.8 Å². The maximum atomic E-state index is 13.7. The molecular formula is C40H64N2O12P2. The molecule has 0 spiro atoms. The van der Waals surface area contributed by atoms with Crippen molar-refractivity contribution in [3.63, 3.8) is 0 Å². The molecule has 2 heterocycles. The molecule has 0 radical (unpaired) electrons. The number of H-pyrrole nitrogens is 1. The lowest BCUT2D eigenvalue weighted by molar-refractivity contribution is -0.134. The predicted octanol–water partition coefficient (Wildman–Crippen LogP) is 10.1. The van der Waals surface area contributed by atoms with Crippen molar-refractivity contribution in [2.75, 3.05) is 13.2 Å². The highest BCUT2D eigenvalue weighted by molar-refractivity contribution is 7.61. The van der Waals surface area contributed by atoms with Crippen molar-refractivity contribution in [1.82, 2.24) is 9.55 Å². The van der Waals surface area contributed by atoms with Crippen LogP contribution in [-0.4, -0.2) is 39.7 Å². The maximum Gasteiger partial charge on any atom is 0.484 e. The van der Waals surface area contributed by atoms with E-state index in [-0.39, 0.29) is 19.2 Å². The van der Waals surface area contributed by atoms with Crippen LogP contribution in [0.15, 0.2) is 52.2 Å². The molecule has 3 rings (SSSR count). The number of aryl methyl sites for hydroxylation is 1. The van der Waals surface area contributed by atoms with Gasteiger partial charge in [0, 0.05) is 18.2 Å². The predicted molar refractivity (Wildman–Crippen MR) is 215 cm³/mol. The zero-order valence-corrected chi connectivity index (χ0v) is 35.3. The van der Waals surface area contributed by atoms with Gasteiger partial charge in [0.25, 0.3) is 5.56 Å².